The minimum atomic E-state index is -4.47. The Hall–Kier alpha value is -1.22. The van der Waals surface area contributed by atoms with Crippen LogP contribution in [0, 0.1) is 0 Å². The number of halogens is 3. The zero-order valence-corrected chi connectivity index (χ0v) is 11.5. The molecule has 0 aliphatic rings. The first-order chi connectivity index (χ1) is 8.73. The van der Waals surface area contributed by atoms with E-state index >= 15 is 0 Å². The lowest BCUT2D eigenvalue weighted by atomic mass is 10.4. The van der Waals surface area contributed by atoms with Gasteiger partial charge in [0.05, 0.1) is 17.4 Å². The molecule has 0 fully saturated rings. The van der Waals surface area contributed by atoms with Crippen LogP contribution in [-0.4, -0.2) is 29.7 Å². The van der Waals surface area contributed by atoms with E-state index in [1.807, 2.05) is 0 Å². The summed E-state index contributed by atoms with van der Waals surface area (Å²) in [5, 5.41) is 1.33. The van der Waals surface area contributed by atoms with Crippen LogP contribution in [0.2, 0.25) is 0 Å². The van der Waals surface area contributed by atoms with Crippen molar-refractivity contribution in [2.75, 3.05) is 12.4 Å². The first kappa shape index (κ1) is 15.8. The van der Waals surface area contributed by atoms with Gasteiger partial charge in [-0.15, -0.1) is 11.3 Å². The highest BCUT2D eigenvalue weighted by molar-refractivity contribution is 8.01. The van der Waals surface area contributed by atoms with Gasteiger partial charge in [-0.05, 0) is 30.8 Å². The zero-order chi connectivity index (χ0) is 14.6. The minimum absolute atomic E-state index is 0.258. The van der Waals surface area contributed by atoms with Gasteiger partial charge in [0, 0.05) is 0 Å². The molecule has 0 unspecified atom stereocenters. The Morgan fingerprint density at radius 3 is 2.58 bits per heavy atom. The smallest absolute Gasteiger partial charge is 0.442 e. The highest BCUT2D eigenvalue weighted by Gasteiger charge is 2.34. The summed E-state index contributed by atoms with van der Waals surface area (Å²) in [5.41, 5.74) is -4.47. The van der Waals surface area contributed by atoms with Gasteiger partial charge in [0.25, 0.3) is 0 Å². The first-order valence-electron chi connectivity index (χ1n) is 4.96. The van der Waals surface area contributed by atoms with Crippen LogP contribution in [0.3, 0.4) is 0 Å². The van der Waals surface area contributed by atoms with Crippen molar-refractivity contribution in [3.63, 3.8) is 0 Å². The molecule has 1 rings (SSSR count). The SMILES string of the molecule is COC(=O)c1ccc(NC(=O)[C@H](C)SC(F)(F)F)s1. The summed E-state index contributed by atoms with van der Waals surface area (Å²) in [5.74, 6) is -1.34. The van der Waals surface area contributed by atoms with E-state index in [1.54, 1.807) is 0 Å². The summed E-state index contributed by atoms with van der Waals surface area (Å²) in [6.07, 6.45) is 0. The van der Waals surface area contributed by atoms with Gasteiger partial charge >= 0.3 is 11.5 Å². The number of nitrogens with one attached hydrogen (secondary N) is 1. The molecule has 0 radical (unpaired) electrons. The molecule has 0 aliphatic heterocycles. The number of thioether (sulfide) groups is 1. The van der Waals surface area contributed by atoms with Crippen LogP contribution in [0.25, 0.3) is 0 Å². The van der Waals surface area contributed by atoms with Crippen molar-refractivity contribution in [2.24, 2.45) is 0 Å². The molecule has 1 amide bonds. The Labute approximate surface area is 115 Å². The normalized spacial score (nSPS) is 12.9. The molecule has 4 nitrogen and oxygen atoms in total. The van der Waals surface area contributed by atoms with Gasteiger partial charge in [0.1, 0.15) is 4.88 Å². The average molecular weight is 313 g/mol. The van der Waals surface area contributed by atoms with Crippen molar-refractivity contribution in [1.82, 2.24) is 0 Å². The van der Waals surface area contributed by atoms with Crippen LogP contribution in [0.5, 0.6) is 0 Å². The fourth-order valence-electron chi connectivity index (χ4n) is 1.09. The van der Waals surface area contributed by atoms with Gasteiger partial charge < -0.3 is 10.1 Å². The largest absolute Gasteiger partial charge is 0.465 e. The molecular formula is C10H10F3NO3S2. The summed E-state index contributed by atoms with van der Waals surface area (Å²) < 4.78 is 40.7. The number of hydrogen-bond donors (Lipinski definition) is 1. The average Bonchev–Trinajstić information content (AvgIpc) is 2.74. The van der Waals surface area contributed by atoms with E-state index in [0.717, 1.165) is 18.3 Å². The maximum atomic E-state index is 12.1. The first-order valence-corrected chi connectivity index (χ1v) is 6.66. The van der Waals surface area contributed by atoms with E-state index < -0.39 is 34.4 Å². The Morgan fingerprint density at radius 2 is 2.05 bits per heavy atom. The highest BCUT2D eigenvalue weighted by Crippen LogP contribution is 2.34. The molecule has 0 saturated carbocycles. The van der Waals surface area contributed by atoms with E-state index in [9.17, 15) is 22.8 Å². The second kappa shape index (κ2) is 6.29. The van der Waals surface area contributed by atoms with Crippen LogP contribution in [0.4, 0.5) is 18.2 Å². The molecule has 1 aromatic rings. The monoisotopic (exact) mass is 313 g/mol. The molecule has 0 saturated heterocycles. The lowest BCUT2D eigenvalue weighted by molar-refractivity contribution is -0.115. The molecule has 106 valence electrons. The molecule has 0 aromatic carbocycles. The summed E-state index contributed by atoms with van der Waals surface area (Å²) in [6, 6.07) is 2.85. The topological polar surface area (TPSA) is 55.4 Å². The summed E-state index contributed by atoms with van der Waals surface area (Å²) in [6.45, 7) is 1.16. The maximum Gasteiger partial charge on any atom is 0.442 e. The van der Waals surface area contributed by atoms with E-state index in [-0.39, 0.29) is 4.88 Å². The van der Waals surface area contributed by atoms with Crippen LogP contribution in [0.1, 0.15) is 16.6 Å². The predicted octanol–water partition coefficient (Wildman–Crippen LogP) is 3.11. The second-order valence-electron chi connectivity index (χ2n) is 3.35. The molecule has 0 aliphatic carbocycles. The third kappa shape index (κ3) is 5.11. The second-order valence-corrected chi connectivity index (χ2v) is 5.84. The van der Waals surface area contributed by atoms with E-state index in [2.05, 4.69) is 10.1 Å². The number of carbonyl (C=O) groups is 2. The number of anilines is 1. The Kier molecular flexibility index (Phi) is 5.24. The molecular weight excluding hydrogens is 303 g/mol. The number of methoxy groups -OCH3 is 1. The van der Waals surface area contributed by atoms with Crippen molar-refractivity contribution in [3.8, 4) is 0 Å². The van der Waals surface area contributed by atoms with Gasteiger partial charge in [0.2, 0.25) is 5.91 Å². The van der Waals surface area contributed by atoms with Crippen LogP contribution >= 0.6 is 23.1 Å². The molecule has 9 heteroatoms. The van der Waals surface area contributed by atoms with E-state index in [1.165, 1.54) is 19.2 Å². The van der Waals surface area contributed by atoms with Gasteiger partial charge in [0.15, 0.2) is 0 Å². The number of carbonyl (C=O) groups excluding carboxylic acids is 2. The van der Waals surface area contributed by atoms with Crippen molar-refractivity contribution in [2.45, 2.75) is 17.7 Å². The lowest BCUT2D eigenvalue weighted by Gasteiger charge is -2.12. The standard InChI is InChI=1S/C10H10F3NO3S2/c1-5(19-10(11,12)13)8(15)14-7-4-3-6(18-7)9(16)17-2/h3-5H,1-2H3,(H,14,15)/t5-/m0/s1. The fraction of sp³-hybridized carbons (Fsp3) is 0.400. The maximum absolute atomic E-state index is 12.1. The lowest BCUT2D eigenvalue weighted by Crippen LogP contribution is -2.25. The molecule has 1 atom stereocenters. The summed E-state index contributed by atoms with van der Waals surface area (Å²) in [7, 11) is 1.21. The molecule has 0 bridgehead atoms. The number of hydrogen-bond acceptors (Lipinski definition) is 5. The molecule has 0 spiro atoms. The number of ether oxygens (including phenoxy) is 1. The van der Waals surface area contributed by atoms with Gasteiger partial charge in [-0.3, -0.25) is 4.79 Å². The zero-order valence-electron chi connectivity index (χ0n) is 9.91. The molecule has 1 N–H and O–H groups in total. The number of esters is 1. The summed E-state index contributed by atoms with van der Waals surface area (Å²) >= 11 is 0.535. The Balaban J connectivity index is 2.62. The van der Waals surface area contributed by atoms with Gasteiger partial charge in [-0.1, -0.05) is 0 Å². The molecule has 1 aromatic heterocycles. The highest BCUT2D eigenvalue weighted by atomic mass is 32.2. The van der Waals surface area contributed by atoms with Crippen LogP contribution < -0.4 is 5.32 Å². The number of rotatable bonds is 4. The quantitative estimate of drug-likeness (QED) is 0.868. The summed E-state index contributed by atoms with van der Waals surface area (Å²) in [4.78, 5) is 22.9. The van der Waals surface area contributed by atoms with Gasteiger partial charge in [-0.25, -0.2) is 4.79 Å². The Morgan fingerprint density at radius 1 is 1.42 bits per heavy atom. The predicted molar refractivity (Wildman–Crippen MR) is 67.4 cm³/mol. The number of thiophene rings is 1. The van der Waals surface area contributed by atoms with Crippen molar-refractivity contribution < 1.29 is 27.5 Å². The third-order valence-corrected chi connectivity index (χ3v) is 3.73. The van der Waals surface area contributed by atoms with Crippen LogP contribution in [-0.2, 0) is 9.53 Å². The Bertz CT molecular complexity index is 473. The number of alkyl halides is 3. The van der Waals surface area contributed by atoms with Crippen molar-refractivity contribution in [1.29, 1.82) is 0 Å². The number of amides is 1. The van der Waals surface area contributed by atoms with Gasteiger partial charge in [-0.2, -0.15) is 13.2 Å². The van der Waals surface area contributed by atoms with Crippen molar-refractivity contribution >= 4 is 40.0 Å². The van der Waals surface area contributed by atoms with Crippen molar-refractivity contribution in [3.05, 3.63) is 17.0 Å². The van der Waals surface area contributed by atoms with E-state index in [0.29, 0.717) is 5.00 Å². The molecule has 1 heterocycles. The third-order valence-electron chi connectivity index (χ3n) is 1.92. The van der Waals surface area contributed by atoms with E-state index in [4.69, 9.17) is 0 Å². The minimum Gasteiger partial charge on any atom is -0.465 e. The fourth-order valence-corrected chi connectivity index (χ4v) is 2.49. The van der Waals surface area contributed by atoms with Crippen LogP contribution in [0.15, 0.2) is 12.1 Å². The molecule has 19 heavy (non-hydrogen) atoms.